The van der Waals surface area contributed by atoms with Gasteiger partial charge in [0.05, 0.1) is 0 Å². The van der Waals surface area contributed by atoms with Gasteiger partial charge in [0.25, 0.3) is 0 Å². The van der Waals surface area contributed by atoms with Crippen molar-refractivity contribution in [2.75, 3.05) is 39.3 Å². The van der Waals surface area contributed by atoms with Crippen molar-refractivity contribution < 1.29 is 0 Å². The van der Waals surface area contributed by atoms with E-state index >= 15 is 0 Å². The van der Waals surface area contributed by atoms with Crippen LogP contribution in [0, 0.1) is 11.8 Å². The first-order valence-electron chi connectivity index (χ1n) is 10.3. The first-order valence-corrected chi connectivity index (χ1v) is 10.3. The third-order valence-corrected chi connectivity index (χ3v) is 4.19. The molecule has 0 aliphatic heterocycles. The molecule has 146 valence electrons. The molecule has 0 spiro atoms. The minimum Gasteiger partial charge on any atom is -0.316 e. The first-order chi connectivity index (χ1) is 11.4. The highest BCUT2D eigenvalue weighted by molar-refractivity contribution is 4.64. The molecule has 0 aliphatic carbocycles. The highest BCUT2D eigenvalue weighted by Gasteiger charge is 2.03. The fourth-order valence-electron chi connectivity index (χ4n) is 2.57. The van der Waals surface area contributed by atoms with E-state index in [0.29, 0.717) is 23.9 Å². The Morgan fingerprint density at radius 3 is 1.21 bits per heavy atom. The van der Waals surface area contributed by atoms with Crippen molar-refractivity contribution in [3.8, 4) is 0 Å². The molecule has 0 saturated heterocycles. The summed E-state index contributed by atoms with van der Waals surface area (Å²) in [6, 6.07) is 1.19. The van der Waals surface area contributed by atoms with Crippen LogP contribution in [0.25, 0.3) is 0 Å². The predicted octanol–water partition coefficient (Wildman–Crippen LogP) is 2.99. The van der Waals surface area contributed by atoms with Gasteiger partial charge in [0, 0.05) is 12.1 Å². The van der Waals surface area contributed by atoms with Crippen LogP contribution in [0.5, 0.6) is 0 Å². The van der Waals surface area contributed by atoms with Gasteiger partial charge in [-0.05, 0) is 63.9 Å². The maximum atomic E-state index is 3.59. The summed E-state index contributed by atoms with van der Waals surface area (Å²) in [6.07, 6.45) is 5.30. The number of hydrogen-bond acceptors (Lipinski definition) is 4. The van der Waals surface area contributed by atoms with Gasteiger partial charge in [-0.15, -0.1) is 0 Å². The minimum absolute atomic E-state index is 0.593. The predicted molar refractivity (Wildman–Crippen MR) is 109 cm³/mol. The SMILES string of the molecule is CC(CNCCCCCCNCC(C)CNC(C)C)CNC(C)C. The molecule has 2 atom stereocenters. The topological polar surface area (TPSA) is 48.1 Å². The summed E-state index contributed by atoms with van der Waals surface area (Å²) in [4.78, 5) is 0. The molecule has 0 saturated carbocycles. The van der Waals surface area contributed by atoms with E-state index in [1.165, 1.54) is 25.7 Å². The summed E-state index contributed by atoms with van der Waals surface area (Å²) in [5.74, 6) is 1.42. The fourth-order valence-corrected chi connectivity index (χ4v) is 2.57. The molecule has 4 heteroatoms. The third kappa shape index (κ3) is 18.2. The zero-order valence-corrected chi connectivity index (χ0v) is 17.4. The van der Waals surface area contributed by atoms with Crippen LogP contribution in [0.15, 0.2) is 0 Å². The monoisotopic (exact) mass is 342 g/mol. The minimum atomic E-state index is 0.593. The molecular formula is C20H46N4. The molecule has 0 bridgehead atoms. The highest BCUT2D eigenvalue weighted by atomic mass is 14.9. The number of unbranched alkanes of at least 4 members (excludes halogenated alkanes) is 3. The fraction of sp³-hybridized carbons (Fsp3) is 1.00. The van der Waals surface area contributed by atoms with Crippen LogP contribution in [-0.2, 0) is 0 Å². The Bertz CT molecular complexity index is 230. The zero-order chi connectivity index (χ0) is 18.2. The van der Waals surface area contributed by atoms with E-state index < -0.39 is 0 Å². The summed E-state index contributed by atoms with van der Waals surface area (Å²) >= 11 is 0. The van der Waals surface area contributed by atoms with Gasteiger partial charge < -0.3 is 21.3 Å². The average Bonchev–Trinajstić information content (AvgIpc) is 2.52. The highest BCUT2D eigenvalue weighted by Crippen LogP contribution is 1.99. The van der Waals surface area contributed by atoms with Crippen molar-refractivity contribution >= 4 is 0 Å². The molecule has 4 N–H and O–H groups in total. The third-order valence-electron chi connectivity index (χ3n) is 4.19. The Kier molecular flexibility index (Phi) is 16.2. The zero-order valence-electron chi connectivity index (χ0n) is 17.4. The van der Waals surface area contributed by atoms with E-state index in [1.807, 2.05) is 0 Å². The van der Waals surface area contributed by atoms with Crippen LogP contribution in [0.2, 0.25) is 0 Å². The standard InChI is InChI=1S/C20H46N4/c1-17(2)23-15-19(5)13-21-11-9-7-8-10-12-22-14-20(6)16-24-18(3)4/h17-24H,7-16H2,1-6H3. The molecule has 24 heavy (non-hydrogen) atoms. The van der Waals surface area contributed by atoms with Crippen LogP contribution < -0.4 is 21.3 Å². The molecule has 0 rings (SSSR count). The maximum absolute atomic E-state index is 3.59. The number of nitrogens with one attached hydrogen (secondary N) is 4. The lowest BCUT2D eigenvalue weighted by atomic mass is 10.1. The largest absolute Gasteiger partial charge is 0.316 e. The molecule has 4 nitrogen and oxygen atoms in total. The van der Waals surface area contributed by atoms with Crippen molar-refractivity contribution in [3.05, 3.63) is 0 Å². The van der Waals surface area contributed by atoms with Gasteiger partial charge in [-0.1, -0.05) is 54.4 Å². The van der Waals surface area contributed by atoms with E-state index in [4.69, 9.17) is 0 Å². The van der Waals surface area contributed by atoms with Crippen LogP contribution in [0.3, 0.4) is 0 Å². The van der Waals surface area contributed by atoms with Gasteiger partial charge in [0.1, 0.15) is 0 Å². The van der Waals surface area contributed by atoms with E-state index in [1.54, 1.807) is 0 Å². The molecule has 0 aliphatic rings. The van der Waals surface area contributed by atoms with Gasteiger partial charge in [-0.3, -0.25) is 0 Å². The van der Waals surface area contributed by atoms with E-state index in [-0.39, 0.29) is 0 Å². The van der Waals surface area contributed by atoms with Gasteiger partial charge in [-0.2, -0.15) is 0 Å². The molecule has 0 aromatic heterocycles. The second kappa shape index (κ2) is 16.3. The van der Waals surface area contributed by atoms with Crippen molar-refractivity contribution in [3.63, 3.8) is 0 Å². The van der Waals surface area contributed by atoms with E-state index in [2.05, 4.69) is 62.8 Å². The molecule has 0 heterocycles. The Hall–Kier alpha value is -0.160. The average molecular weight is 343 g/mol. The van der Waals surface area contributed by atoms with Crippen molar-refractivity contribution in [2.24, 2.45) is 11.8 Å². The van der Waals surface area contributed by atoms with Crippen LogP contribution in [0.4, 0.5) is 0 Å². The summed E-state index contributed by atoms with van der Waals surface area (Å²) in [7, 11) is 0. The lowest BCUT2D eigenvalue weighted by Gasteiger charge is -2.16. The van der Waals surface area contributed by atoms with Gasteiger partial charge in [0.2, 0.25) is 0 Å². The lowest BCUT2D eigenvalue weighted by molar-refractivity contribution is 0.438. The van der Waals surface area contributed by atoms with Gasteiger partial charge in [0.15, 0.2) is 0 Å². The van der Waals surface area contributed by atoms with Gasteiger partial charge >= 0.3 is 0 Å². The van der Waals surface area contributed by atoms with Crippen molar-refractivity contribution in [2.45, 2.75) is 79.3 Å². The van der Waals surface area contributed by atoms with Crippen LogP contribution >= 0.6 is 0 Å². The normalized spacial score (nSPS) is 14.5. The summed E-state index contributed by atoms with van der Waals surface area (Å²) in [6.45, 7) is 20.3. The number of rotatable bonds is 17. The summed E-state index contributed by atoms with van der Waals surface area (Å²) < 4.78 is 0. The Morgan fingerprint density at radius 1 is 0.500 bits per heavy atom. The Balaban J connectivity index is 3.22. The summed E-state index contributed by atoms with van der Waals surface area (Å²) in [5.41, 5.74) is 0. The quantitative estimate of drug-likeness (QED) is 0.307. The Labute approximate surface area is 152 Å². The van der Waals surface area contributed by atoms with Gasteiger partial charge in [-0.25, -0.2) is 0 Å². The molecule has 0 amide bonds. The van der Waals surface area contributed by atoms with Crippen molar-refractivity contribution in [1.29, 1.82) is 0 Å². The first kappa shape index (κ1) is 23.8. The van der Waals surface area contributed by atoms with Crippen LogP contribution in [0.1, 0.15) is 67.2 Å². The Morgan fingerprint density at radius 2 is 0.875 bits per heavy atom. The molecule has 0 aromatic rings. The maximum Gasteiger partial charge on any atom is 0.00105 e. The molecule has 0 aromatic carbocycles. The molecule has 2 unspecified atom stereocenters. The molecular weight excluding hydrogens is 296 g/mol. The smallest absolute Gasteiger partial charge is 0.00105 e. The molecule has 0 fully saturated rings. The number of hydrogen-bond donors (Lipinski definition) is 4. The molecule has 0 radical (unpaired) electrons. The second-order valence-corrected chi connectivity index (χ2v) is 8.16. The second-order valence-electron chi connectivity index (χ2n) is 8.16. The van der Waals surface area contributed by atoms with Crippen LogP contribution in [-0.4, -0.2) is 51.4 Å². The lowest BCUT2D eigenvalue weighted by Crippen LogP contribution is -2.33. The van der Waals surface area contributed by atoms with Crippen molar-refractivity contribution in [1.82, 2.24) is 21.3 Å². The van der Waals surface area contributed by atoms with E-state index in [9.17, 15) is 0 Å². The van der Waals surface area contributed by atoms with E-state index in [0.717, 1.165) is 39.3 Å². The summed E-state index contributed by atoms with van der Waals surface area (Å²) in [5, 5.41) is 14.2.